The Morgan fingerprint density at radius 2 is 1.57 bits per heavy atom. The standard InChI is InChI=1S/C22H26N2O3S/c1-17-9-11-20(12-10-17)28(26,27)24-16-19-8-4-3-7-18(19)15-21(24)22(25)23-13-5-2-6-14-23/h3-4,7-12,21H,2,5-6,13-16H2,1H3. The van der Waals surface area contributed by atoms with Crippen LogP contribution in [0.3, 0.4) is 0 Å². The Kier molecular flexibility index (Phi) is 5.25. The van der Waals surface area contributed by atoms with Gasteiger partial charge in [0.2, 0.25) is 15.9 Å². The molecule has 1 amide bonds. The van der Waals surface area contributed by atoms with E-state index in [2.05, 4.69) is 0 Å². The van der Waals surface area contributed by atoms with Crippen molar-refractivity contribution in [2.45, 2.75) is 50.1 Å². The van der Waals surface area contributed by atoms with Gasteiger partial charge >= 0.3 is 0 Å². The SMILES string of the molecule is Cc1ccc(S(=O)(=O)N2Cc3ccccc3CC2C(=O)N2CCCCC2)cc1. The van der Waals surface area contributed by atoms with Crippen molar-refractivity contribution in [1.29, 1.82) is 0 Å². The lowest BCUT2D eigenvalue weighted by atomic mass is 9.94. The van der Waals surface area contributed by atoms with Crippen LogP contribution in [0.15, 0.2) is 53.4 Å². The highest BCUT2D eigenvalue weighted by molar-refractivity contribution is 7.89. The minimum absolute atomic E-state index is 0.0649. The fraction of sp³-hybridized carbons (Fsp3) is 0.409. The van der Waals surface area contributed by atoms with Gasteiger partial charge in [-0.2, -0.15) is 4.31 Å². The molecule has 4 rings (SSSR count). The summed E-state index contributed by atoms with van der Waals surface area (Å²) in [4.78, 5) is 15.4. The van der Waals surface area contributed by atoms with E-state index in [0.29, 0.717) is 6.42 Å². The van der Waals surface area contributed by atoms with Crippen LogP contribution >= 0.6 is 0 Å². The van der Waals surface area contributed by atoms with E-state index in [0.717, 1.165) is 49.0 Å². The minimum atomic E-state index is -3.77. The first kappa shape index (κ1) is 19.2. The molecule has 0 spiro atoms. The van der Waals surface area contributed by atoms with Crippen molar-refractivity contribution in [1.82, 2.24) is 9.21 Å². The summed E-state index contributed by atoms with van der Waals surface area (Å²) in [5, 5.41) is 0. The fourth-order valence-electron chi connectivity index (χ4n) is 4.13. The topological polar surface area (TPSA) is 57.7 Å². The second kappa shape index (κ2) is 7.68. The zero-order valence-electron chi connectivity index (χ0n) is 16.2. The van der Waals surface area contributed by atoms with Gasteiger partial charge in [0, 0.05) is 19.6 Å². The number of piperidine rings is 1. The molecule has 0 aromatic heterocycles. The molecule has 2 aromatic rings. The van der Waals surface area contributed by atoms with Gasteiger partial charge in [0.25, 0.3) is 0 Å². The van der Waals surface area contributed by atoms with Gasteiger partial charge in [-0.15, -0.1) is 0 Å². The highest BCUT2D eigenvalue weighted by Gasteiger charge is 2.41. The molecule has 2 aliphatic rings. The molecule has 1 unspecified atom stereocenters. The zero-order valence-corrected chi connectivity index (χ0v) is 17.0. The third-order valence-corrected chi connectivity index (χ3v) is 7.65. The molecule has 1 atom stereocenters. The van der Waals surface area contributed by atoms with Crippen LogP contribution in [0.2, 0.25) is 0 Å². The van der Waals surface area contributed by atoms with E-state index >= 15 is 0 Å². The van der Waals surface area contributed by atoms with Crippen molar-refractivity contribution >= 4 is 15.9 Å². The maximum Gasteiger partial charge on any atom is 0.244 e. The van der Waals surface area contributed by atoms with Crippen molar-refractivity contribution in [3.05, 3.63) is 65.2 Å². The van der Waals surface area contributed by atoms with Gasteiger partial charge < -0.3 is 4.90 Å². The van der Waals surface area contributed by atoms with E-state index in [9.17, 15) is 13.2 Å². The van der Waals surface area contributed by atoms with Gasteiger partial charge in [-0.05, 0) is 55.9 Å². The number of hydrogen-bond donors (Lipinski definition) is 0. The molecule has 28 heavy (non-hydrogen) atoms. The fourth-order valence-corrected chi connectivity index (χ4v) is 5.69. The Labute approximate surface area is 167 Å². The molecule has 2 aromatic carbocycles. The Morgan fingerprint density at radius 1 is 0.929 bits per heavy atom. The van der Waals surface area contributed by atoms with Crippen LogP contribution in [0.5, 0.6) is 0 Å². The van der Waals surface area contributed by atoms with Crippen molar-refractivity contribution < 1.29 is 13.2 Å². The minimum Gasteiger partial charge on any atom is -0.341 e. The molecule has 5 nitrogen and oxygen atoms in total. The third kappa shape index (κ3) is 3.59. The molecule has 0 radical (unpaired) electrons. The molecule has 0 saturated carbocycles. The van der Waals surface area contributed by atoms with E-state index < -0.39 is 16.1 Å². The molecule has 0 aliphatic carbocycles. The summed E-state index contributed by atoms with van der Waals surface area (Å²) in [5.74, 6) is -0.0649. The van der Waals surface area contributed by atoms with Crippen LogP contribution in [-0.4, -0.2) is 42.7 Å². The van der Waals surface area contributed by atoms with Crippen molar-refractivity contribution in [2.24, 2.45) is 0 Å². The number of amides is 1. The quantitative estimate of drug-likeness (QED) is 0.798. The van der Waals surface area contributed by atoms with Crippen LogP contribution in [0.25, 0.3) is 0 Å². The number of carbonyl (C=O) groups is 1. The summed E-state index contributed by atoms with van der Waals surface area (Å²) < 4.78 is 28.3. The first-order chi connectivity index (χ1) is 13.5. The van der Waals surface area contributed by atoms with Crippen LogP contribution in [-0.2, 0) is 27.8 Å². The monoisotopic (exact) mass is 398 g/mol. The second-order valence-electron chi connectivity index (χ2n) is 7.74. The van der Waals surface area contributed by atoms with Crippen LogP contribution in [0.1, 0.15) is 36.0 Å². The maximum atomic E-state index is 13.5. The Balaban J connectivity index is 1.72. The van der Waals surface area contributed by atoms with E-state index in [1.165, 1.54) is 4.31 Å². The molecule has 6 heteroatoms. The first-order valence-corrected chi connectivity index (χ1v) is 11.3. The normalized spacial score (nSPS) is 20.6. The average molecular weight is 399 g/mol. The Morgan fingerprint density at radius 3 is 2.25 bits per heavy atom. The average Bonchev–Trinajstić information content (AvgIpc) is 2.73. The molecule has 0 bridgehead atoms. The Bertz CT molecular complexity index is 964. The van der Waals surface area contributed by atoms with E-state index in [1.807, 2.05) is 36.1 Å². The van der Waals surface area contributed by atoms with Crippen molar-refractivity contribution in [2.75, 3.05) is 13.1 Å². The summed E-state index contributed by atoms with van der Waals surface area (Å²) >= 11 is 0. The number of likely N-dealkylation sites (tertiary alicyclic amines) is 1. The van der Waals surface area contributed by atoms with Gasteiger partial charge in [0.1, 0.15) is 6.04 Å². The number of aryl methyl sites for hydroxylation is 1. The van der Waals surface area contributed by atoms with Crippen molar-refractivity contribution in [3.63, 3.8) is 0 Å². The zero-order chi connectivity index (χ0) is 19.7. The van der Waals surface area contributed by atoms with Gasteiger partial charge in [-0.25, -0.2) is 8.42 Å². The summed E-state index contributed by atoms with van der Waals surface area (Å²) in [6.45, 7) is 3.59. The second-order valence-corrected chi connectivity index (χ2v) is 9.63. The number of benzene rings is 2. The number of fused-ring (bicyclic) bond motifs is 1. The lowest BCUT2D eigenvalue weighted by molar-refractivity contribution is -0.136. The van der Waals surface area contributed by atoms with Gasteiger partial charge in [-0.3, -0.25) is 4.79 Å². The number of carbonyl (C=O) groups excluding carboxylic acids is 1. The molecular weight excluding hydrogens is 372 g/mol. The largest absolute Gasteiger partial charge is 0.341 e. The third-order valence-electron chi connectivity index (χ3n) is 5.79. The van der Waals surface area contributed by atoms with E-state index in [1.54, 1.807) is 24.3 Å². The lowest BCUT2D eigenvalue weighted by Gasteiger charge is -2.38. The predicted octanol–water partition coefficient (Wildman–Crippen LogP) is 3.12. The number of nitrogens with zero attached hydrogens (tertiary/aromatic N) is 2. The lowest BCUT2D eigenvalue weighted by Crippen LogP contribution is -2.54. The Hall–Kier alpha value is -2.18. The molecule has 1 fully saturated rings. The van der Waals surface area contributed by atoms with Gasteiger partial charge in [-0.1, -0.05) is 42.0 Å². The summed E-state index contributed by atoms with van der Waals surface area (Å²) in [6, 6.07) is 14.0. The molecule has 2 heterocycles. The highest BCUT2D eigenvalue weighted by atomic mass is 32.2. The molecular formula is C22H26N2O3S. The van der Waals surface area contributed by atoms with Gasteiger partial charge in [0.15, 0.2) is 0 Å². The molecule has 0 N–H and O–H groups in total. The predicted molar refractivity (Wildman–Crippen MR) is 108 cm³/mol. The molecule has 1 saturated heterocycles. The van der Waals surface area contributed by atoms with Crippen LogP contribution in [0, 0.1) is 6.92 Å². The van der Waals surface area contributed by atoms with E-state index in [-0.39, 0.29) is 17.3 Å². The molecule has 2 aliphatic heterocycles. The van der Waals surface area contributed by atoms with Crippen molar-refractivity contribution in [3.8, 4) is 0 Å². The number of hydrogen-bond acceptors (Lipinski definition) is 3. The van der Waals surface area contributed by atoms with Gasteiger partial charge in [0.05, 0.1) is 4.90 Å². The smallest absolute Gasteiger partial charge is 0.244 e. The summed E-state index contributed by atoms with van der Waals surface area (Å²) in [6.07, 6.45) is 3.53. The number of sulfonamides is 1. The van der Waals surface area contributed by atoms with E-state index in [4.69, 9.17) is 0 Å². The highest BCUT2D eigenvalue weighted by Crippen LogP contribution is 2.30. The van der Waals surface area contributed by atoms with Crippen LogP contribution in [0.4, 0.5) is 0 Å². The maximum absolute atomic E-state index is 13.5. The summed E-state index contributed by atoms with van der Waals surface area (Å²) in [7, 11) is -3.77. The number of rotatable bonds is 3. The first-order valence-electron chi connectivity index (χ1n) is 9.91. The van der Waals surface area contributed by atoms with Crippen LogP contribution < -0.4 is 0 Å². The molecule has 148 valence electrons. The summed E-state index contributed by atoms with van der Waals surface area (Å²) in [5.41, 5.74) is 3.04.